The summed E-state index contributed by atoms with van der Waals surface area (Å²) in [5, 5.41) is 10.1. The molecule has 1 heterocycles. The van der Waals surface area contributed by atoms with E-state index in [9.17, 15) is 5.11 Å². The van der Waals surface area contributed by atoms with Gasteiger partial charge in [0.1, 0.15) is 12.4 Å². The van der Waals surface area contributed by atoms with Gasteiger partial charge in [-0.15, -0.1) is 11.8 Å². The zero-order valence-electron chi connectivity index (χ0n) is 12.4. The highest BCUT2D eigenvalue weighted by Gasteiger charge is 2.22. The van der Waals surface area contributed by atoms with Gasteiger partial charge in [0.2, 0.25) is 0 Å². The topological polar surface area (TPSA) is 29.5 Å². The highest BCUT2D eigenvalue weighted by Crippen LogP contribution is 2.37. The maximum absolute atomic E-state index is 9.60. The Morgan fingerprint density at radius 3 is 2.81 bits per heavy atom. The van der Waals surface area contributed by atoms with Gasteiger partial charge in [-0.25, -0.2) is 0 Å². The van der Waals surface area contributed by atoms with Crippen molar-refractivity contribution < 1.29 is 9.84 Å². The van der Waals surface area contributed by atoms with Crippen LogP contribution in [0.4, 0.5) is 0 Å². The maximum atomic E-state index is 9.60. The molecule has 1 N–H and O–H groups in total. The van der Waals surface area contributed by atoms with E-state index in [1.807, 2.05) is 36.9 Å². The van der Waals surface area contributed by atoms with Gasteiger partial charge in [-0.1, -0.05) is 24.3 Å². The molecule has 2 nitrogen and oxygen atoms in total. The molecule has 0 amide bonds. The van der Waals surface area contributed by atoms with Crippen LogP contribution in [0, 0.1) is 6.92 Å². The SMILES string of the molecule is Cc1cc([C@H](C)O)ccc1OCC1Cc2ccccc2S1. The van der Waals surface area contributed by atoms with Crippen molar-refractivity contribution in [1.82, 2.24) is 0 Å². The van der Waals surface area contributed by atoms with Crippen molar-refractivity contribution in [1.29, 1.82) is 0 Å². The van der Waals surface area contributed by atoms with Gasteiger partial charge in [-0.3, -0.25) is 0 Å². The first-order valence-electron chi connectivity index (χ1n) is 7.29. The molecular weight excluding hydrogens is 280 g/mol. The van der Waals surface area contributed by atoms with Crippen molar-refractivity contribution in [3.8, 4) is 5.75 Å². The molecule has 0 aliphatic carbocycles. The van der Waals surface area contributed by atoms with Gasteiger partial charge in [-0.2, -0.15) is 0 Å². The van der Waals surface area contributed by atoms with Crippen LogP contribution >= 0.6 is 11.8 Å². The number of aliphatic hydroxyl groups excluding tert-OH is 1. The fourth-order valence-corrected chi connectivity index (χ4v) is 3.84. The van der Waals surface area contributed by atoms with E-state index in [-0.39, 0.29) is 0 Å². The van der Waals surface area contributed by atoms with Crippen molar-refractivity contribution in [2.24, 2.45) is 0 Å². The summed E-state index contributed by atoms with van der Waals surface area (Å²) in [5.74, 6) is 0.913. The smallest absolute Gasteiger partial charge is 0.122 e. The highest BCUT2D eigenvalue weighted by molar-refractivity contribution is 8.00. The molecule has 0 spiro atoms. The summed E-state index contributed by atoms with van der Waals surface area (Å²) in [6.45, 7) is 4.52. The number of hydrogen-bond donors (Lipinski definition) is 1. The minimum atomic E-state index is -0.433. The second-order valence-corrected chi connectivity index (χ2v) is 6.91. The van der Waals surface area contributed by atoms with E-state index in [1.165, 1.54) is 10.5 Å². The lowest BCUT2D eigenvalue weighted by Gasteiger charge is -2.14. The van der Waals surface area contributed by atoms with Crippen LogP contribution < -0.4 is 4.74 Å². The largest absolute Gasteiger partial charge is 0.492 e. The molecule has 0 bridgehead atoms. The van der Waals surface area contributed by atoms with Crippen LogP contribution in [0.5, 0.6) is 5.75 Å². The first-order valence-corrected chi connectivity index (χ1v) is 8.17. The molecule has 2 atom stereocenters. The summed E-state index contributed by atoms with van der Waals surface area (Å²) in [4.78, 5) is 1.38. The number of ether oxygens (including phenoxy) is 1. The van der Waals surface area contributed by atoms with Gasteiger partial charge < -0.3 is 9.84 Å². The van der Waals surface area contributed by atoms with E-state index in [0.717, 1.165) is 23.3 Å². The lowest BCUT2D eigenvalue weighted by atomic mass is 10.1. The molecule has 110 valence electrons. The Morgan fingerprint density at radius 2 is 2.10 bits per heavy atom. The molecular formula is C18H20O2S. The van der Waals surface area contributed by atoms with Crippen LogP contribution in [-0.2, 0) is 6.42 Å². The highest BCUT2D eigenvalue weighted by atomic mass is 32.2. The van der Waals surface area contributed by atoms with E-state index >= 15 is 0 Å². The summed E-state index contributed by atoms with van der Waals surface area (Å²) in [5.41, 5.74) is 3.44. The molecule has 2 aromatic rings. The third kappa shape index (κ3) is 3.25. The van der Waals surface area contributed by atoms with Crippen LogP contribution in [0.1, 0.15) is 29.7 Å². The molecule has 3 rings (SSSR count). The first kappa shape index (κ1) is 14.5. The quantitative estimate of drug-likeness (QED) is 0.920. The number of rotatable bonds is 4. The average Bonchev–Trinajstić information content (AvgIpc) is 2.88. The van der Waals surface area contributed by atoms with Crippen LogP contribution in [0.15, 0.2) is 47.4 Å². The molecule has 0 fully saturated rings. The number of aliphatic hydroxyl groups is 1. The minimum Gasteiger partial charge on any atom is -0.492 e. The Labute approximate surface area is 130 Å². The van der Waals surface area contributed by atoms with E-state index < -0.39 is 6.10 Å². The number of aryl methyl sites for hydroxylation is 1. The molecule has 0 saturated heterocycles. The van der Waals surface area contributed by atoms with Crippen LogP contribution in [-0.4, -0.2) is 17.0 Å². The second-order valence-electron chi connectivity index (χ2n) is 5.56. The van der Waals surface area contributed by atoms with Gasteiger partial charge in [0.05, 0.1) is 6.10 Å². The Hall–Kier alpha value is -1.45. The molecule has 1 unspecified atom stereocenters. The third-order valence-electron chi connectivity index (χ3n) is 3.82. The molecule has 1 aliphatic heterocycles. The Bertz CT molecular complexity index is 612. The first-order chi connectivity index (χ1) is 10.1. The lowest BCUT2D eigenvalue weighted by Crippen LogP contribution is -2.14. The summed E-state index contributed by atoms with van der Waals surface area (Å²) in [7, 11) is 0. The van der Waals surface area contributed by atoms with E-state index in [0.29, 0.717) is 11.9 Å². The van der Waals surface area contributed by atoms with Crippen molar-refractivity contribution in [2.75, 3.05) is 6.61 Å². The normalized spacial score (nSPS) is 18.3. The van der Waals surface area contributed by atoms with Gasteiger partial charge in [0.15, 0.2) is 0 Å². The van der Waals surface area contributed by atoms with Gasteiger partial charge in [-0.05, 0) is 55.2 Å². The summed E-state index contributed by atoms with van der Waals surface area (Å²) in [6.07, 6.45) is 0.642. The van der Waals surface area contributed by atoms with E-state index in [1.54, 1.807) is 6.92 Å². The summed E-state index contributed by atoms with van der Waals surface area (Å²) < 4.78 is 5.98. The van der Waals surface area contributed by atoms with Crippen LogP contribution in [0.3, 0.4) is 0 Å². The fourth-order valence-electron chi connectivity index (χ4n) is 2.62. The standard InChI is InChI=1S/C18H20O2S/c1-12-9-14(13(2)19)7-8-17(12)20-11-16-10-15-5-3-4-6-18(15)21-16/h3-9,13,16,19H,10-11H2,1-2H3/t13-,16?/m0/s1. The molecule has 0 aromatic heterocycles. The number of fused-ring (bicyclic) bond motifs is 1. The molecule has 21 heavy (non-hydrogen) atoms. The molecule has 0 saturated carbocycles. The predicted molar refractivity (Wildman–Crippen MR) is 87.1 cm³/mol. The molecule has 0 radical (unpaired) electrons. The number of benzene rings is 2. The third-order valence-corrected chi connectivity index (χ3v) is 5.11. The van der Waals surface area contributed by atoms with Crippen molar-refractivity contribution in [3.63, 3.8) is 0 Å². The zero-order valence-corrected chi connectivity index (χ0v) is 13.2. The molecule has 3 heteroatoms. The van der Waals surface area contributed by atoms with Crippen LogP contribution in [0.2, 0.25) is 0 Å². The summed E-state index contributed by atoms with van der Waals surface area (Å²) >= 11 is 1.90. The van der Waals surface area contributed by atoms with Crippen molar-refractivity contribution >= 4 is 11.8 Å². The Balaban J connectivity index is 1.62. The Morgan fingerprint density at radius 1 is 1.29 bits per heavy atom. The fraction of sp³-hybridized carbons (Fsp3) is 0.333. The monoisotopic (exact) mass is 300 g/mol. The second kappa shape index (κ2) is 6.12. The van der Waals surface area contributed by atoms with Crippen molar-refractivity contribution in [2.45, 2.75) is 36.5 Å². The molecule has 1 aliphatic rings. The van der Waals surface area contributed by atoms with E-state index in [4.69, 9.17) is 4.74 Å². The van der Waals surface area contributed by atoms with Gasteiger partial charge in [0.25, 0.3) is 0 Å². The maximum Gasteiger partial charge on any atom is 0.122 e. The predicted octanol–water partition coefficient (Wildman–Crippen LogP) is 4.14. The number of hydrogen-bond acceptors (Lipinski definition) is 3. The van der Waals surface area contributed by atoms with Crippen LogP contribution in [0.25, 0.3) is 0 Å². The average molecular weight is 300 g/mol. The molecule has 2 aromatic carbocycles. The van der Waals surface area contributed by atoms with Crippen molar-refractivity contribution in [3.05, 3.63) is 59.2 Å². The van der Waals surface area contributed by atoms with E-state index in [2.05, 4.69) is 24.3 Å². The van der Waals surface area contributed by atoms with Gasteiger partial charge >= 0.3 is 0 Å². The minimum absolute atomic E-state index is 0.433. The van der Waals surface area contributed by atoms with Gasteiger partial charge in [0, 0.05) is 10.1 Å². The zero-order chi connectivity index (χ0) is 14.8. The lowest BCUT2D eigenvalue weighted by molar-refractivity contribution is 0.199. The summed E-state index contributed by atoms with van der Waals surface area (Å²) in [6, 6.07) is 14.5. The number of thioether (sulfide) groups is 1. The Kier molecular flexibility index (Phi) is 4.22.